The third-order valence-corrected chi connectivity index (χ3v) is 3.43. The molecular formula is C15H23F2NO. The van der Waals surface area contributed by atoms with Crippen LogP contribution in [-0.2, 0) is 0 Å². The van der Waals surface area contributed by atoms with Crippen molar-refractivity contribution in [1.82, 2.24) is 0 Å². The molecule has 0 saturated carbocycles. The fourth-order valence-corrected chi connectivity index (χ4v) is 2.27. The van der Waals surface area contributed by atoms with Crippen LogP contribution in [0.15, 0.2) is 18.2 Å². The van der Waals surface area contributed by atoms with Crippen LogP contribution < -0.4 is 5.73 Å². The normalized spacial score (nSPS) is 14.4. The maximum absolute atomic E-state index is 13.7. The van der Waals surface area contributed by atoms with Gasteiger partial charge in [-0.05, 0) is 18.1 Å². The van der Waals surface area contributed by atoms with Gasteiger partial charge in [0, 0.05) is 18.5 Å². The molecule has 1 aromatic carbocycles. The Hall–Kier alpha value is -1.00. The van der Waals surface area contributed by atoms with Crippen LogP contribution in [0.3, 0.4) is 0 Å². The summed E-state index contributed by atoms with van der Waals surface area (Å²) in [5, 5.41) is 10.1. The summed E-state index contributed by atoms with van der Waals surface area (Å²) in [7, 11) is 0. The lowest BCUT2D eigenvalue weighted by Gasteiger charge is -2.22. The van der Waals surface area contributed by atoms with E-state index in [4.69, 9.17) is 5.73 Å². The van der Waals surface area contributed by atoms with E-state index in [-0.39, 0.29) is 6.54 Å². The van der Waals surface area contributed by atoms with Crippen molar-refractivity contribution in [3.05, 3.63) is 35.4 Å². The molecule has 0 amide bonds. The van der Waals surface area contributed by atoms with Gasteiger partial charge in [0.25, 0.3) is 0 Å². The van der Waals surface area contributed by atoms with Gasteiger partial charge in [-0.15, -0.1) is 0 Å². The highest BCUT2D eigenvalue weighted by Crippen LogP contribution is 2.25. The van der Waals surface area contributed by atoms with Gasteiger partial charge >= 0.3 is 0 Å². The third-order valence-electron chi connectivity index (χ3n) is 3.43. The number of hydrogen-bond donors (Lipinski definition) is 2. The Labute approximate surface area is 113 Å². The molecule has 0 bridgehead atoms. The van der Waals surface area contributed by atoms with Crippen LogP contribution in [-0.4, -0.2) is 17.8 Å². The molecule has 0 saturated heterocycles. The predicted molar refractivity (Wildman–Crippen MR) is 72.9 cm³/mol. The zero-order valence-electron chi connectivity index (χ0n) is 11.4. The lowest BCUT2D eigenvalue weighted by molar-refractivity contribution is 0.130. The van der Waals surface area contributed by atoms with Gasteiger partial charge in [0.05, 0.1) is 6.10 Å². The van der Waals surface area contributed by atoms with Gasteiger partial charge in [-0.3, -0.25) is 0 Å². The molecule has 3 N–H and O–H groups in total. The molecule has 0 aliphatic rings. The van der Waals surface area contributed by atoms with Gasteiger partial charge in [-0.25, -0.2) is 8.78 Å². The fraction of sp³-hybridized carbons (Fsp3) is 0.600. The molecule has 1 aromatic rings. The number of halogens is 2. The van der Waals surface area contributed by atoms with E-state index in [0.717, 1.165) is 31.7 Å². The standard InChI is InChI=1S/C15H23F2NO/c1-2-3-4-5-6-15(19)13(10-18)12-8-7-11(16)9-14(12)17/h7-9,13,15,19H,2-6,10,18H2,1H3. The van der Waals surface area contributed by atoms with Crippen molar-refractivity contribution in [2.24, 2.45) is 5.73 Å². The minimum absolute atomic E-state index is 0.150. The molecular weight excluding hydrogens is 248 g/mol. The van der Waals surface area contributed by atoms with Crippen molar-refractivity contribution in [3.8, 4) is 0 Å². The van der Waals surface area contributed by atoms with Crippen LogP contribution in [0.25, 0.3) is 0 Å². The van der Waals surface area contributed by atoms with Gasteiger partial charge in [0.2, 0.25) is 0 Å². The zero-order chi connectivity index (χ0) is 14.3. The first-order valence-electron chi connectivity index (χ1n) is 6.93. The molecule has 19 heavy (non-hydrogen) atoms. The van der Waals surface area contributed by atoms with E-state index in [1.165, 1.54) is 12.1 Å². The van der Waals surface area contributed by atoms with Gasteiger partial charge in [-0.2, -0.15) is 0 Å². The SMILES string of the molecule is CCCCCCC(O)C(CN)c1ccc(F)cc1F. The minimum Gasteiger partial charge on any atom is -0.392 e. The first-order chi connectivity index (χ1) is 9.10. The topological polar surface area (TPSA) is 46.2 Å². The van der Waals surface area contributed by atoms with Crippen molar-refractivity contribution >= 4 is 0 Å². The second-order valence-corrected chi connectivity index (χ2v) is 4.92. The Morgan fingerprint density at radius 3 is 2.53 bits per heavy atom. The summed E-state index contributed by atoms with van der Waals surface area (Å²) in [6, 6.07) is 3.41. The number of nitrogens with two attached hydrogens (primary N) is 1. The Morgan fingerprint density at radius 2 is 1.95 bits per heavy atom. The number of rotatable bonds is 8. The van der Waals surface area contributed by atoms with E-state index < -0.39 is 23.7 Å². The van der Waals surface area contributed by atoms with Crippen LogP contribution in [0.1, 0.15) is 50.5 Å². The van der Waals surface area contributed by atoms with E-state index in [0.29, 0.717) is 12.0 Å². The van der Waals surface area contributed by atoms with Crippen molar-refractivity contribution in [3.63, 3.8) is 0 Å². The molecule has 4 heteroatoms. The smallest absolute Gasteiger partial charge is 0.129 e. The Balaban J connectivity index is 2.65. The third kappa shape index (κ3) is 4.88. The number of aliphatic hydroxyl groups excluding tert-OH is 1. The zero-order valence-corrected chi connectivity index (χ0v) is 11.4. The molecule has 0 aliphatic carbocycles. The highest BCUT2D eigenvalue weighted by Gasteiger charge is 2.22. The summed E-state index contributed by atoms with van der Waals surface area (Å²) in [6.07, 6.45) is 4.12. The average Bonchev–Trinajstić information content (AvgIpc) is 2.38. The number of benzene rings is 1. The highest BCUT2D eigenvalue weighted by atomic mass is 19.1. The number of unbranched alkanes of at least 4 members (excludes halogenated alkanes) is 3. The minimum atomic E-state index is -0.679. The summed E-state index contributed by atoms with van der Waals surface area (Å²) in [4.78, 5) is 0. The monoisotopic (exact) mass is 271 g/mol. The molecule has 0 spiro atoms. The average molecular weight is 271 g/mol. The second-order valence-electron chi connectivity index (χ2n) is 4.92. The van der Waals surface area contributed by atoms with E-state index in [9.17, 15) is 13.9 Å². The molecule has 2 unspecified atom stereocenters. The largest absolute Gasteiger partial charge is 0.392 e. The van der Waals surface area contributed by atoms with Crippen LogP contribution in [0.4, 0.5) is 8.78 Å². The lowest BCUT2D eigenvalue weighted by Crippen LogP contribution is -2.26. The molecule has 2 atom stereocenters. The highest BCUT2D eigenvalue weighted by molar-refractivity contribution is 5.24. The maximum Gasteiger partial charge on any atom is 0.129 e. The van der Waals surface area contributed by atoms with E-state index in [1.807, 2.05) is 0 Å². The fourth-order valence-electron chi connectivity index (χ4n) is 2.27. The van der Waals surface area contributed by atoms with Crippen LogP contribution in [0.2, 0.25) is 0 Å². The molecule has 108 valence electrons. The van der Waals surface area contributed by atoms with Gasteiger partial charge in [-0.1, -0.05) is 38.7 Å². The predicted octanol–water partition coefficient (Wildman–Crippen LogP) is 3.34. The van der Waals surface area contributed by atoms with Gasteiger partial charge < -0.3 is 10.8 Å². The van der Waals surface area contributed by atoms with Crippen molar-refractivity contribution < 1.29 is 13.9 Å². The quantitative estimate of drug-likeness (QED) is 0.712. The molecule has 0 heterocycles. The van der Waals surface area contributed by atoms with E-state index >= 15 is 0 Å². The molecule has 0 aliphatic heterocycles. The number of aliphatic hydroxyl groups is 1. The molecule has 0 fully saturated rings. The Bertz CT molecular complexity index is 384. The Morgan fingerprint density at radius 1 is 1.21 bits per heavy atom. The molecule has 0 aromatic heterocycles. The summed E-state index contributed by atoms with van der Waals surface area (Å²) in [6.45, 7) is 2.27. The van der Waals surface area contributed by atoms with Gasteiger partial charge in [0.1, 0.15) is 11.6 Å². The van der Waals surface area contributed by atoms with Gasteiger partial charge in [0.15, 0.2) is 0 Å². The van der Waals surface area contributed by atoms with Crippen molar-refractivity contribution in [2.45, 2.75) is 51.0 Å². The van der Waals surface area contributed by atoms with E-state index in [2.05, 4.69) is 6.92 Å². The van der Waals surface area contributed by atoms with Crippen LogP contribution >= 0.6 is 0 Å². The first-order valence-corrected chi connectivity index (χ1v) is 6.93. The maximum atomic E-state index is 13.7. The summed E-state index contributed by atoms with van der Waals surface area (Å²) >= 11 is 0. The van der Waals surface area contributed by atoms with Crippen LogP contribution in [0.5, 0.6) is 0 Å². The second kappa shape index (κ2) is 8.23. The first kappa shape index (κ1) is 16.1. The van der Waals surface area contributed by atoms with Crippen molar-refractivity contribution in [2.75, 3.05) is 6.54 Å². The summed E-state index contributed by atoms with van der Waals surface area (Å²) in [5.41, 5.74) is 5.92. The molecule has 2 nitrogen and oxygen atoms in total. The van der Waals surface area contributed by atoms with Crippen LogP contribution in [0, 0.1) is 11.6 Å². The van der Waals surface area contributed by atoms with E-state index in [1.54, 1.807) is 0 Å². The van der Waals surface area contributed by atoms with Crippen molar-refractivity contribution in [1.29, 1.82) is 0 Å². The summed E-state index contributed by atoms with van der Waals surface area (Å²) in [5.74, 6) is -1.72. The lowest BCUT2D eigenvalue weighted by atomic mass is 9.90. The number of hydrogen-bond acceptors (Lipinski definition) is 2. The Kier molecular flexibility index (Phi) is 6.95. The molecule has 0 radical (unpaired) electrons. The summed E-state index contributed by atoms with van der Waals surface area (Å²) < 4.78 is 26.6. The molecule has 1 rings (SSSR count).